The monoisotopic (exact) mass is 262 g/mol. The Labute approximate surface area is 109 Å². The molecular weight excluding hydrogens is 248 g/mol. The van der Waals surface area contributed by atoms with E-state index in [1.807, 2.05) is 6.07 Å². The minimum Gasteiger partial charge on any atom is -0.381 e. The molecular formula is C13H14N2O2S. The Balaban J connectivity index is 1.95. The lowest BCUT2D eigenvalue weighted by atomic mass is 10.2. The van der Waals surface area contributed by atoms with Gasteiger partial charge in [0.15, 0.2) is 0 Å². The Kier molecular flexibility index (Phi) is 2.91. The van der Waals surface area contributed by atoms with Crippen LogP contribution in [0.3, 0.4) is 0 Å². The predicted octanol–water partition coefficient (Wildman–Crippen LogP) is 4.16. The van der Waals surface area contributed by atoms with Gasteiger partial charge in [0.25, 0.3) is 5.69 Å². The van der Waals surface area contributed by atoms with Gasteiger partial charge in [-0.1, -0.05) is 12.8 Å². The normalized spacial score (nSPS) is 16.2. The molecule has 4 nitrogen and oxygen atoms in total. The molecule has 0 radical (unpaired) electrons. The van der Waals surface area contributed by atoms with Crippen molar-refractivity contribution in [3.63, 3.8) is 0 Å². The molecule has 0 spiro atoms. The maximum atomic E-state index is 10.8. The molecule has 0 bridgehead atoms. The molecule has 1 aromatic carbocycles. The molecule has 1 N–H and O–H groups in total. The van der Waals surface area contributed by atoms with Gasteiger partial charge in [0.05, 0.1) is 10.6 Å². The van der Waals surface area contributed by atoms with Crippen molar-refractivity contribution < 1.29 is 4.92 Å². The highest BCUT2D eigenvalue weighted by atomic mass is 32.1. The first-order valence-corrected chi connectivity index (χ1v) is 7.04. The van der Waals surface area contributed by atoms with Crippen LogP contribution in [-0.2, 0) is 0 Å². The quantitative estimate of drug-likeness (QED) is 0.667. The molecule has 0 aliphatic heterocycles. The second-order valence-electron chi connectivity index (χ2n) is 4.71. The first-order chi connectivity index (χ1) is 8.74. The number of fused-ring (bicyclic) bond motifs is 1. The van der Waals surface area contributed by atoms with Crippen LogP contribution in [0, 0.1) is 10.1 Å². The average Bonchev–Trinajstić information content (AvgIpc) is 2.99. The van der Waals surface area contributed by atoms with Gasteiger partial charge >= 0.3 is 0 Å². The van der Waals surface area contributed by atoms with Crippen molar-refractivity contribution in [3.05, 3.63) is 33.7 Å². The molecule has 0 atom stereocenters. The van der Waals surface area contributed by atoms with Crippen LogP contribution in [0.15, 0.2) is 23.6 Å². The molecule has 1 aliphatic rings. The maximum absolute atomic E-state index is 10.8. The van der Waals surface area contributed by atoms with Gasteiger partial charge in [-0.15, -0.1) is 11.3 Å². The Hall–Kier alpha value is -1.62. The Morgan fingerprint density at radius 1 is 1.33 bits per heavy atom. The molecule has 1 heterocycles. The SMILES string of the molecule is O=[N+]([O-])c1ccc2scc(NC3CCCC3)c2c1. The van der Waals surface area contributed by atoms with E-state index in [1.54, 1.807) is 23.5 Å². The lowest BCUT2D eigenvalue weighted by Gasteiger charge is -2.12. The highest BCUT2D eigenvalue weighted by molar-refractivity contribution is 7.17. The van der Waals surface area contributed by atoms with Gasteiger partial charge in [0.1, 0.15) is 0 Å². The van der Waals surface area contributed by atoms with Crippen molar-refractivity contribution in [2.24, 2.45) is 0 Å². The number of nitro groups is 1. The minimum absolute atomic E-state index is 0.162. The maximum Gasteiger partial charge on any atom is 0.270 e. The van der Waals surface area contributed by atoms with Crippen LogP contribution in [0.1, 0.15) is 25.7 Å². The molecule has 0 unspecified atom stereocenters. The second-order valence-corrected chi connectivity index (χ2v) is 5.62. The molecule has 2 aromatic rings. The summed E-state index contributed by atoms with van der Waals surface area (Å²) in [6.45, 7) is 0. The van der Waals surface area contributed by atoms with E-state index in [0.717, 1.165) is 15.8 Å². The Morgan fingerprint density at radius 3 is 2.83 bits per heavy atom. The molecule has 1 aliphatic carbocycles. The summed E-state index contributed by atoms with van der Waals surface area (Å²) in [4.78, 5) is 10.5. The standard InChI is InChI=1S/C13H14N2O2S/c16-15(17)10-5-6-13-11(7-10)12(8-18-13)14-9-3-1-2-4-9/h5-9,14H,1-4H2. The molecule has 94 valence electrons. The van der Waals surface area contributed by atoms with Crippen LogP contribution in [0.4, 0.5) is 11.4 Å². The highest BCUT2D eigenvalue weighted by Crippen LogP contribution is 2.34. The van der Waals surface area contributed by atoms with Crippen molar-refractivity contribution in [3.8, 4) is 0 Å². The zero-order chi connectivity index (χ0) is 12.5. The lowest BCUT2D eigenvalue weighted by molar-refractivity contribution is -0.384. The number of rotatable bonds is 3. The number of nitrogens with one attached hydrogen (secondary N) is 1. The number of non-ortho nitro benzene ring substituents is 1. The largest absolute Gasteiger partial charge is 0.381 e. The summed E-state index contributed by atoms with van der Waals surface area (Å²) in [5.74, 6) is 0. The van der Waals surface area contributed by atoms with Gasteiger partial charge in [-0.25, -0.2) is 0 Å². The number of benzene rings is 1. The summed E-state index contributed by atoms with van der Waals surface area (Å²) in [5, 5.41) is 17.4. The molecule has 1 aromatic heterocycles. The van der Waals surface area contributed by atoms with E-state index < -0.39 is 0 Å². The van der Waals surface area contributed by atoms with Gasteiger partial charge in [-0.05, 0) is 18.9 Å². The highest BCUT2D eigenvalue weighted by Gasteiger charge is 2.17. The predicted molar refractivity (Wildman–Crippen MR) is 74.4 cm³/mol. The lowest BCUT2D eigenvalue weighted by Crippen LogP contribution is -2.13. The fourth-order valence-electron chi connectivity index (χ4n) is 2.53. The summed E-state index contributed by atoms with van der Waals surface area (Å²) in [6.07, 6.45) is 4.96. The van der Waals surface area contributed by atoms with Crippen molar-refractivity contribution >= 4 is 32.8 Å². The number of nitrogens with zero attached hydrogens (tertiary/aromatic N) is 1. The zero-order valence-electron chi connectivity index (χ0n) is 9.89. The molecule has 5 heteroatoms. The number of hydrogen-bond acceptors (Lipinski definition) is 4. The Morgan fingerprint density at radius 2 is 2.11 bits per heavy atom. The van der Waals surface area contributed by atoms with Crippen LogP contribution >= 0.6 is 11.3 Å². The fourth-order valence-corrected chi connectivity index (χ4v) is 3.41. The van der Waals surface area contributed by atoms with Crippen LogP contribution in [0.25, 0.3) is 10.1 Å². The van der Waals surface area contributed by atoms with Gasteiger partial charge in [0, 0.05) is 33.6 Å². The van der Waals surface area contributed by atoms with E-state index in [1.165, 1.54) is 25.7 Å². The summed E-state index contributed by atoms with van der Waals surface area (Å²) in [5.41, 5.74) is 1.21. The van der Waals surface area contributed by atoms with Crippen LogP contribution in [-0.4, -0.2) is 11.0 Å². The van der Waals surface area contributed by atoms with E-state index in [9.17, 15) is 10.1 Å². The topological polar surface area (TPSA) is 55.2 Å². The number of nitro benzene ring substituents is 1. The van der Waals surface area contributed by atoms with E-state index in [-0.39, 0.29) is 10.6 Å². The van der Waals surface area contributed by atoms with Gasteiger partial charge < -0.3 is 5.32 Å². The third kappa shape index (κ3) is 2.06. The van der Waals surface area contributed by atoms with Gasteiger partial charge in [-0.2, -0.15) is 0 Å². The fraction of sp³-hybridized carbons (Fsp3) is 0.385. The molecule has 3 rings (SSSR count). The molecule has 18 heavy (non-hydrogen) atoms. The van der Waals surface area contributed by atoms with E-state index in [2.05, 4.69) is 10.7 Å². The van der Waals surface area contributed by atoms with Crippen LogP contribution < -0.4 is 5.32 Å². The van der Waals surface area contributed by atoms with Crippen LogP contribution in [0.2, 0.25) is 0 Å². The zero-order valence-corrected chi connectivity index (χ0v) is 10.7. The van der Waals surface area contributed by atoms with Crippen LogP contribution in [0.5, 0.6) is 0 Å². The van der Waals surface area contributed by atoms with Gasteiger partial charge in [-0.3, -0.25) is 10.1 Å². The number of thiophene rings is 1. The average molecular weight is 262 g/mol. The van der Waals surface area contributed by atoms with E-state index in [4.69, 9.17) is 0 Å². The smallest absolute Gasteiger partial charge is 0.270 e. The van der Waals surface area contributed by atoms with Crippen molar-refractivity contribution in [2.75, 3.05) is 5.32 Å². The molecule has 0 saturated heterocycles. The summed E-state index contributed by atoms with van der Waals surface area (Å²) < 4.78 is 1.10. The summed E-state index contributed by atoms with van der Waals surface area (Å²) >= 11 is 1.63. The molecule has 1 fully saturated rings. The van der Waals surface area contributed by atoms with Gasteiger partial charge in [0.2, 0.25) is 0 Å². The van der Waals surface area contributed by atoms with E-state index >= 15 is 0 Å². The third-order valence-electron chi connectivity index (χ3n) is 3.48. The summed E-state index contributed by atoms with van der Waals surface area (Å²) in [7, 11) is 0. The minimum atomic E-state index is -0.337. The van der Waals surface area contributed by atoms with Crippen molar-refractivity contribution in [1.82, 2.24) is 0 Å². The van der Waals surface area contributed by atoms with Crippen molar-refractivity contribution in [2.45, 2.75) is 31.7 Å². The number of anilines is 1. The van der Waals surface area contributed by atoms with E-state index in [0.29, 0.717) is 6.04 Å². The first-order valence-electron chi connectivity index (χ1n) is 6.16. The van der Waals surface area contributed by atoms with Crippen molar-refractivity contribution in [1.29, 1.82) is 0 Å². The molecule has 0 amide bonds. The number of hydrogen-bond donors (Lipinski definition) is 1. The second kappa shape index (κ2) is 4.57. The summed E-state index contributed by atoms with van der Waals surface area (Å²) in [6, 6.07) is 5.60. The Bertz CT molecular complexity index is 588. The molecule has 1 saturated carbocycles. The first kappa shape index (κ1) is 11.5. The third-order valence-corrected chi connectivity index (χ3v) is 4.45.